The topological polar surface area (TPSA) is 78.9 Å². The lowest BCUT2D eigenvalue weighted by Gasteiger charge is -2.10. The van der Waals surface area contributed by atoms with Gasteiger partial charge in [-0.15, -0.1) is 0 Å². The average molecular weight is 285 g/mol. The fourth-order valence-electron chi connectivity index (χ4n) is 2.15. The first-order chi connectivity index (χ1) is 10.3. The van der Waals surface area contributed by atoms with E-state index < -0.39 is 0 Å². The summed E-state index contributed by atoms with van der Waals surface area (Å²) < 4.78 is 0. The van der Waals surface area contributed by atoms with Gasteiger partial charge in [-0.2, -0.15) is 4.98 Å². The lowest BCUT2D eigenvalue weighted by atomic mass is 10.2. The summed E-state index contributed by atoms with van der Waals surface area (Å²) in [6.45, 7) is 0.558. The fraction of sp³-hybridized carbons (Fsp3) is 0.400. The van der Waals surface area contributed by atoms with Gasteiger partial charge >= 0.3 is 0 Å². The highest BCUT2D eigenvalue weighted by atomic mass is 16.1. The lowest BCUT2D eigenvalue weighted by Crippen LogP contribution is -2.27. The molecule has 0 bridgehead atoms. The summed E-state index contributed by atoms with van der Waals surface area (Å²) in [7, 11) is 1.79. The smallest absolute Gasteiger partial charge is 0.224 e. The maximum Gasteiger partial charge on any atom is 0.224 e. The molecule has 2 aromatic rings. The molecule has 6 heteroatoms. The zero-order chi connectivity index (χ0) is 14.7. The average Bonchev–Trinajstić information content (AvgIpc) is 3.30. The van der Waals surface area contributed by atoms with Crippen LogP contribution < -0.4 is 16.0 Å². The van der Waals surface area contributed by atoms with Crippen molar-refractivity contribution in [2.75, 3.05) is 24.2 Å². The number of hydrogen-bond donors (Lipinski definition) is 3. The van der Waals surface area contributed by atoms with Crippen molar-refractivity contribution < 1.29 is 4.79 Å². The Bertz CT molecular complexity index is 654. The van der Waals surface area contributed by atoms with Crippen LogP contribution in [0.4, 0.5) is 11.8 Å². The van der Waals surface area contributed by atoms with E-state index in [0.717, 1.165) is 29.6 Å². The number of nitrogens with one attached hydrogen (secondary N) is 3. The molecule has 0 saturated heterocycles. The number of rotatable bonds is 6. The van der Waals surface area contributed by atoms with Crippen molar-refractivity contribution in [3.63, 3.8) is 0 Å². The van der Waals surface area contributed by atoms with Crippen molar-refractivity contribution in [1.29, 1.82) is 0 Å². The number of amides is 1. The van der Waals surface area contributed by atoms with Crippen molar-refractivity contribution in [3.8, 4) is 0 Å². The first-order valence-electron chi connectivity index (χ1n) is 7.24. The number of carbonyl (C=O) groups is 1. The van der Waals surface area contributed by atoms with E-state index in [1.165, 1.54) is 0 Å². The van der Waals surface area contributed by atoms with Crippen LogP contribution in [0.3, 0.4) is 0 Å². The minimum atomic E-state index is 0.0946. The minimum Gasteiger partial charge on any atom is -0.369 e. The second-order valence-electron chi connectivity index (χ2n) is 5.18. The maximum atomic E-state index is 11.7. The van der Waals surface area contributed by atoms with Gasteiger partial charge in [-0.3, -0.25) is 4.79 Å². The molecule has 0 spiro atoms. The predicted molar refractivity (Wildman–Crippen MR) is 83.4 cm³/mol. The van der Waals surface area contributed by atoms with Gasteiger partial charge in [0.2, 0.25) is 11.9 Å². The van der Waals surface area contributed by atoms with E-state index in [2.05, 4.69) is 25.9 Å². The Balaban J connectivity index is 1.68. The number of anilines is 2. The molecule has 3 rings (SSSR count). The normalized spacial score (nSPS) is 14.0. The summed E-state index contributed by atoms with van der Waals surface area (Å²) in [6, 6.07) is 8.23. The third kappa shape index (κ3) is 3.39. The van der Waals surface area contributed by atoms with Crippen LogP contribution in [0.25, 0.3) is 10.9 Å². The van der Waals surface area contributed by atoms with Crippen LogP contribution in [0, 0.1) is 0 Å². The number of para-hydroxylation sites is 1. The van der Waals surface area contributed by atoms with Gasteiger partial charge in [0.25, 0.3) is 0 Å². The molecule has 0 atom stereocenters. The first kappa shape index (κ1) is 13.6. The molecule has 110 valence electrons. The zero-order valence-electron chi connectivity index (χ0n) is 12.0. The highest BCUT2D eigenvalue weighted by molar-refractivity contribution is 5.90. The van der Waals surface area contributed by atoms with Crippen LogP contribution in [0.2, 0.25) is 0 Å². The maximum absolute atomic E-state index is 11.7. The van der Waals surface area contributed by atoms with E-state index in [1.54, 1.807) is 7.05 Å². The van der Waals surface area contributed by atoms with E-state index in [-0.39, 0.29) is 5.91 Å². The molecule has 1 heterocycles. The summed E-state index contributed by atoms with van der Waals surface area (Å²) >= 11 is 0. The standard InChI is InChI=1S/C15H19N5O/c1-16-15-19-12-5-3-2-4-11(12)14(20-15)17-9-8-13(21)18-10-6-7-10/h2-5,10H,6-9H2,1H3,(H,18,21)(H2,16,17,19,20). The second-order valence-corrected chi connectivity index (χ2v) is 5.18. The van der Waals surface area contributed by atoms with Crippen LogP contribution in [0.15, 0.2) is 24.3 Å². The van der Waals surface area contributed by atoms with Gasteiger partial charge in [-0.1, -0.05) is 12.1 Å². The van der Waals surface area contributed by atoms with E-state index in [0.29, 0.717) is 25.0 Å². The highest BCUT2D eigenvalue weighted by Crippen LogP contribution is 2.21. The zero-order valence-corrected chi connectivity index (χ0v) is 12.0. The monoisotopic (exact) mass is 285 g/mol. The molecule has 0 aliphatic heterocycles. The number of hydrogen-bond acceptors (Lipinski definition) is 5. The molecule has 3 N–H and O–H groups in total. The van der Waals surface area contributed by atoms with Crippen LogP contribution in [-0.4, -0.2) is 35.5 Å². The summed E-state index contributed by atoms with van der Waals surface area (Å²) in [5.74, 6) is 1.42. The highest BCUT2D eigenvalue weighted by Gasteiger charge is 2.22. The molecule has 1 aliphatic carbocycles. The fourth-order valence-corrected chi connectivity index (χ4v) is 2.15. The molecule has 0 unspecified atom stereocenters. The van der Waals surface area contributed by atoms with Gasteiger partial charge in [0.1, 0.15) is 5.82 Å². The Kier molecular flexibility index (Phi) is 3.85. The molecule has 1 amide bonds. The first-order valence-corrected chi connectivity index (χ1v) is 7.24. The lowest BCUT2D eigenvalue weighted by molar-refractivity contribution is -0.120. The van der Waals surface area contributed by atoms with E-state index in [4.69, 9.17) is 0 Å². The van der Waals surface area contributed by atoms with Crippen LogP contribution in [0.1, 0.15) is 19.3 Å². The number of fused-ring (bicyclic) bond motifs is 1. The molecule has 1 aliphatic rings. The van der Waals surface area contributed by atoms with E-state index in [1.807, 2.05) is 24.3 Å². The summed E-state index contributed by atoms with van der Waals surface area (Å²) in [5.41, 5.74) is 0.877. The molecule has 1 aromatic carbocycles. The third-order valence-electron chi connectivity index (χ3n) is 3.41. The van der Waals surface area contributed by atoms with Crippen molar-refractivity contribution in [3.05, 3.63) is 24.3 Å². The quantitative estimate of drug-likeness (QED) is 0.753. The van der Waals surface area contributed by atoms with Crippen LogP contribution in [0.5, 0.6) is 0 Å². The molecular formula is C15H19N5O. The molecule has 0 radical (unpaired) electrons. The Labute approximate surface area is 123 Å². The SMILES string of the molecule is CNc1nc(NCCC(=O)NC2CC2)c2ccccc2n1. The van der Waals surface area contributed by atoms with E-state index >= 15 is 0 Å². The van der Waals surface area contributed by atoms with Crippen molar-refractivity contribution in [2.24, 2.45) is 0 Å². The molecule has 1 fully saturated rings. The largest absolute Gasteiger partial charge is 0.369 e. The molecule has 21 heavy (non-hydrogen) atoms. The Morgan fingerprint density at radius 2 is 2.10 bits per heavy atom. The summed E-state index contributed by atoms with van der Waals surface area (Å²) in [6.07, 6.45) is 2.67. The number of aromatic nitrogens is 2. The van der Waals surface area contributed by atoms with Gasteiger partial charge in [0.15, 0.2) is 0 Å². The molecular weight excluding hydrogens is 266 g/mol. The van der Waals surface area contributed by atoms with Crippen molar-refractivity contribution in [1.82, 2.24) is 15.3 Å². The van der Waals surface area contributed by atoms with Gasteiger partial charge in [0.05, 0.1) is 5.52 Å². The van der Waals surface area contributed by atoms with Gasteiger partial charge in [-0.05, 0) is 25.0 Å². The number of benzene rings is 1. The summed E-state index contributed by atoms with van der Waals surface area (Å²) in [4.78, 5) is 20.5. The van der Waals surface area contributed by atoms with Gasteiger partial charge in [0, 0.05) is 31.4 Å². The Morgan fingerprint density at radius 3 is 2.86 bits per heavy atom. The Hall–Kier alpha value is -2.37. The van der Waals surface area contributed by atoms with Crippen LogP contribution >= 0.6 is 0 Å². The second kappa shape index (κ2) is 5.95. The summed E-state index contributed by atoms with van der Waals surface area (Å²) in [5, 5.41) is 10.1. The van der Waals surface area contributed by atoms with Gasteiger partial charge in [-0.25, -0.2) is 4.98 Å². The van der Waals surface area contributed by atoms with Crippen LogP contribution in [-0.2, 0) is 4.79 Å². The van der Waals surface area contributed by atoms with Crippen molar-refractivity contribution >= 4 is 28.6 Å². The van der Waals surface area contributed by atoms with E-state index in [9.17, 15) is 4.79 Å². The number of carbonyl (C=O) groups excluding carboxylic acids is 1. The molecule has 6 nitrogen and oxygen atoms in total. The number of nitrogens with zero attached hydrogens (tertiary/aromatic N) is 2. The Morgan fingerprint density at radius 1 is 1.29 bits per heavy atom. The molecule has 1 aromatic heterocycles. The predicted octanol–water partition coefficient (Wildman–Crippen LogP) is 1.75. The van der Waals surface area contributed by atoms with Gasteiger partial charge < -0.3 is 16.0 Å². The third-order valence-corrected chi connectivity index (χ3v) is 3.41. The van der Waals surface area contributed by atoms with Crippen molar-refractivity contribution in [2.45, 2.75) is 25.3 Å². The minimum absolute atomic E-state index is 0.0946. The molecule has 1 saturated carbocycles.